The maximum Gasteiger partial charge on any atom is 0.351 e. The van der Waals surface area contributed by atoms with Gasteiger partial charge in [0, 0.05) is 16.6 Å². The fourth-order valence-corrected chi connectivity index (χ4v) is 3.08. The normalized spacial score (nSPS) is 10.5. The number of amides is 1. The number of benzene rings is 3. The minimum atomic E-state index is -0.871. The third kappa shape index (κ3) is 4.85. The van der Waals surface area contributed by atoms with Gasteiger partial charge in [-0.25, -0.2) is 9.59 Å². The van der Waals surface area contributed by atoms with Crippen LogP contribution < -0.4 is 25.2 Å². The largest absolute Gasteiger partial charge is 0.497 e. The van der Waals surface area contributed by atoms with Crippen molar-refractivity contribution in [2.45, 2.75) is 0 Å². The molecule has 8 heteroatoms. The van der Waals surface area contributed by atoms with E-state index < -0.39 is 11.6 Å². The Bertz CT molecular complexity index is 1370. The summed E-state index contributed by atoms with van der Waals surface area (Å²) in [5.74, 6) is 0.204. The molecule has 0 saturated carbocycles. The number of carbonyl (C=O) groups is 2. The van der Waals surface area contributed by atoms with Gasteiger partial charge in [0.2, 0.25) is 0 Å². The summed E-state index contributed by atoms with van der Waals surface area (Å²) >= 11 is 0. The Kier molecular flexibility index (Phi) is 6.08. The summed E-state index contributed by atoms with van der Waals surface area (Å²) in [6.45, 7) is 0. The predicted octanol–water partition coefficient (Wildman–Crippen LogP) is 4.28. The van der Waals surface area contributed by atoms with Crippen LogP contribution in [-0.4, -0.2) is 26.1 Å². The van der Waals surface area contributed by atoms with E-state index >= 15 is 0 Å². The maximum atomic E-state index is 12.5. The quantitative estimate of drug-likeness (QED) is 0.268. The zero-order valence-electron chi connectivity index (χ0n) is 17.8. The Labute approximate surface area is 188 Å². The van der Waals surface area contributed by atoms with Crippen LogP contribution in [0.25, 0.3) is 11.0 Å². The summed E-state index contributed by atoms with van der Waals surface area (Å²) in [5, 5.41) is 3.28. The smallest absolute Gasteiger partial charge is 0.351 e. The van der Waals surface area contributed by atoms with Crippen molar-refractivity contribution >= 4 is 28.5 Å². The Balaban J connectivity index is 1.47. The van der Waals surface area contributed by atoms with Crippen LogP contribution in [0.15, 0.2) is 82.0 Å². The van der Waals surface area contributed by atoms with E-state index in [1.807, 2.05) is 0 Å². The standard InChI is InChI=1S/C25H19NO7/c1-30-18-9-5-17(6-10-18)26-23(27)15-3-7-19(8-4-15)32-24(28)21-14-16-13-20(31-2)11-12-22(16)33-25(21)29/h3-14H,1-2H3,(H,26,27). The van der Waals surface area contributed by atoms with Crippen LogP contribution in [0.3, 0.4) is 0 Å². The van der Waals surface area contributed by atoms with Crippen LogP contribution in [-0.2, 0) is 0 Å². The lowest BCUT2D eigenvalue weighted by Gasteiger charge is -2.08. The minimum absolute atomic E-state index is 0.172. The summed E-state index contributed by atoms with van der Waals surface area (Å²) in [7, 11) is 3.07. The van der Waals surface area contributed by atoms with Gasteiger partial charge in [0.05, 0.1) is 14.2 Å². The highest BCUT2D eigenvalue weighted by atomic mass is 16.5. The second-order valence-electron chi connectivity index (χ2n) is 6.95. The molecule has 0 saturated heterocycles. The first-order valence-corrected chi connectivity index (χ1v) is 9.86. The molecule has 3 aromatic carbocycles. The number of nitrogens with one attached hydrogen (secondary N) is 1. The van der Waals surface area contributed by atoms with Crippen molar-refractivity contribution < 1.29 is 28.2 Å². The highest BCUT2D eigenvalue weighted by molar-refractivity contribution is 6.04. The van der Waals surface area contributed by atoms with Crippen molar-refractivity contribution in [2.75, 3.05) is 19.5 Å². The summed E-state index contributed by atoms with van der Waals surface area (Å²) in [4.78, 5) is 37.2. The van der Waals surface area contributed by atoms with Gasteiger partial charge >= 0.3 is 11.6 Å². The van der Waals surface area contributed by atoms with Crippen molar-refractivity contribution in [3.63, 3.8) is 0 Å². The first-order chi connectivity index (χ1) is 16.0. The number of carbonyl (C=O) groups excluding carboxylic acids is 2. The van der Waals surface area contributed by atoms with Gasteiger partial charge in [0.25, 0.3) is 5.91 Å². The molecule has 0 atom stereocenters. The van der Waals surface area contributed by atoms with Gasteiger partial charge in [-0.1, -0.05) is 0 Å². The Hall–Kier alpha value is -4.59. The third-order valence-corrected chi connectivity index (χ3v) is 4.83. The fraction of sp³-hybridized carbons (Fsp3) is 0.0800. The summed E-state index contributed by atoms with van der Waals surface area (Å²) < 4.78 is 20.7. The molecule has 0 bridgehead atoms. The first kappa shape index (κ1) is 21.6. The van der Waals surface area contributed by atoms with Crippen molar-refractivity contribution in [2.24, 2.45) is 0 Å². The summed E-state index contributed by atoms with van der Waals surface area (Å²) in [5.41, 5.74) is 0.230. The number of hydrogen-bond acceptors (Lipinski definition) is 7. The van der Waals surface area contributed by atoms with Crippen LogP contribution in [0.4, 0.5) is 5.69 Å². The van der Waals surface area contributed by atoms with Crippen LogP contribution >= 0.6 is 0 Å². The number of esters is 1. The van der Waals surface area contributed by atoms with E-state index in [0.717, 1.165) is 0 Å². The molecular formula is C25H19NO7. The minimum Gasteiger partial charge on any atom is -0.497 e. The average molecular weight is 445 g/mol. The molecule has 0 aliphatic heterocycles. The lowest BCUT2D eigenvalue weighted by Crippen LogP contribution is -2.18. The second kappa shape index (κ2) is 9.27. The van der Waals surface area contributed by atoms with E-state index in [-0.39, 0.29) is 17.2 Å². The molecule has 1 aromatic heterocycles. The molecule has 0 spiro atoms. The molecule has 8 nitrogen and oxygen atoms in total. The van der Waals surface area contributed by atoms with Gasteiger partial charge in [-0.2, -0.15) is 0 Å². The zero-order valence-corrected chi connectivity index (χ0v) is 17.8. The summed E-state index contributed by atoms with van der Waals surface area (Å²) in [6, 6.07) is 19.1. The molecule has 1 amide bonds. The third-order valence-electron chi connectivity index (χ3n) is 4.83. The SMILES string of the molecule is COc1ccc(NC(=O)c2ccc(OC(=O)c3cc4cc(OC)ccc4oc3=O)cc2)cc1. The molecular weight excluding hydrogens is 426 g/mol. The average Bonchev–Trinajstić information content (AvgIpc) is 2.84. The van der Waals surface area contributed by atoms with Gasteiger partial charge in [-0.05, 0) is 72.8 Å². The molecule has 0 fully saturated rings. The van der Waals surface area contributed by atoms with Crippen LogP contribution in [0.1, 0.15) is 20.7 Å². The molecule has 0 unspecified atom stereocenters. The monoisotopic (exact) mass is 445 g/mol. The van der Waals surface area contributed by atoms with Crippen molar-refractivity contribution in [3.05, 3.63) is 94.3 Å². The van der Waals surface area contributed by atoms with E-state index in [2.05, 4.69) is 5.32 Å². The van der Waals surface area contributed by atoms with E-state index in [4.69, 9.17) is 18.6 Å². The van der Waals surface area contributed by atoms with E-state index in [9.17, 15) is 14.4 Å². The van der Waals surface area contributed by atoms with Gasteiger partial charge in [-0.15, -0.1) is 0 Å². The summed E-state index contributed by atoms with van der Waals surface area (Å²) in [6.07, 6.45) is 0. The molecule has 33 heavy (non-hydrogen) atoms. The van der Waals surface area contributed by atoms with E-state index in [0.29, 0.717) is 33.7 Å². The topological polar surface area (TPSA) is 104 Å². The second-order valence-corrected chi connectivity index (χ2v) is 6.95. The van der Waals surface area contributed by atoms with Gasteiger partial charge < -0.3 is 23.9 Å². The Morgan fingerprint density at radius 2 is 1.42 bits per heavy atom. The fourth-order valence-electron chi connectivity index (χ4n) is 3.08. The van der Waals surface area contributed by atoms with E-state index in [1.54, 1.807) is 49.6 Å². The highest BCUT2D eigenvalue weighted by Crippen LogP contribution is 2.22. The molecule has 1 heterocycles. The lowest BCUT2D eigenvalue weighted by molar-refractivity contribution is 0.0730. The lowest BCUT2D eigenvalue weighted by atomic mass is 10.1. The highest BCUT2D eigenvalue weighted by Gasteiger charge is 2.17. The number of anilines is 1. The zero-order chi connectivity index (χ0) is 23.4. The van der Waals surface area contributed by atoms with Crippen LogP contribution in [0.5, 0.6) is 17.2 Å². The van der Waals surface area contributed by atoms with Gasteiger partial charge in [0.15, 0.2) is 0 Å². The molecule has 166 valence electrons. The number of fused-ring (bicyclic) bond motifs is 1. The molecule has 4 aromatic rings. The van der Waals surface area contributed by atoms with Crippen molar-refractivity contribution in [1.82, 2.24) is 0 Å². The number of rotatable bonds is 6. The van der Waals surface area contributed by atoms with E-state index in [1.165, 1.54) is 37.4 Å². The van der Waals surface area contributed by atoms with Crippen LogP contribution in [0.2, 0.25) is 0 Å². The predicted molar refractivity (Wildman–Crippen MR) is 121 cm³/mol. The molecule has 0 radical (unpaired) electrons. The number of ether oxygens (including phenoxy) is 3. The molecule has 4 rings (SSSR count). The molecule has 0 aliphatic rings. The first-order valence-electron chi connectivity index (χ1n) is 9.86. The van der Waals surface area contributed by atoms with Gasteiger partial charge in [0.1, 0.15) is 28.4 Å². The van der Waals surface area contributed by atoms with Crippen LogP contribution in [0, 0.1) is 0 Å². The van der Waals surface area contributed by atoms with Crippen molar-refractivity contribution in [1.29, 1.82) is 0 Å². The molecule has 0 aliphatic carbocycles. The maximum absolute atomic E-state index is 12.5. The number of hydrogen-bond donors (Lipinski definition) is 1. The van der Waals surface area contributed by atoms with Gasteiger partial charge in [-0.3, -0.25) is 4.79 Å². The molecule has 1 N–H and O–H groups in total. The Morgan fingerprint density at radius 1 is 0.788 bits per heavy atom. The van der Waals surface area contributed by atoms with Crippen molar-refractivity contribution in [3.8, 4) is 17.2 Å². The Morgan fingerprint density at radius 3 is 2.09 bits per heavy atom. The number of methoxy groups -OCH3 is 2.